The summed E-state index contributed by atoms with van der Waals surface area (Å²) >= 11 is 17.5. The van der Waals surface area contributed by atoms with Gasteiger partial charge in [0.2, 0.25) is 0 Å². The zero-order valence-electron chi connectivity index (χ0n) is 9.69. The third-order valence-electron chi connectivity index (χ3n) is 2.37. The van der Waals surface area contributed by atoms with Crippen molar-refractivity contribution in [2.45, 2.75) is 25.8 Å². The molecule has 0 heterocycles. The minimum atomic E-state index is -0.371. The van der Waals surface area contributed by atoms with E-state index in [1.165, 1.54) is 0 Å². The quantitative estimate of drug-likeness (QED) is 0.831. The van der Waals surface area contributed by atoms with Gasteiger partial charge in [0.05, 0.1) is 15.6 Å². The highest BCUT2D eigenvalue weighted by atomic mass is 35.5. The second-order valence-electron chi connectivity index (χ2n) is 4.38. The maximum Gasteiger partial charge on any atom is 0.253 e. The van der Waals surface area contributed by atoms with E-state index in [2.05, 4.69) is 5.32 Å². The van der Waals surface area contributed by atoms with E-state index in [0.717, 1.165) is 0 Å². The van der Waals surface area contributed by atoms with E-state index in [-0.39, 0.29) is 16.5 Å². The molecule has 0 saturated carbocycles. The molecule has 2 nitrogen and oxygen atoms in total. The number of nitrogens with one attached hydrogen (secondary N) is 1. The first-order valence-electron chi connectivity index (χ1n) is 5.20. The highest BCUT2D eigenvalue weighted by Crippen LogP contribution is 2.26. The van der Waals surface area contributed by atoms with Crippen molar-refractivity contribution >= 4 is 40.7 Å². The highest BCUT2D eigenvalue weighted by Gasteiger charge is 2.22. The van der Waals surface area contributed by atoms with E-state index >= 15 is 0 Å². The van der Waals surface area contributed by atoms with E-state index in [1.807, 2.05) is 13.8 Å². The smallest absolute Gasteiger partial charge is 0.253 e. The summed E-state index contributed by atoms with van der Waals surface area (Å²) in [5.41, 5.74) is 0.00612. The van der Waals surface area contributed by atoms with Crippen molar-refractivity contribution in [2.24, 2.45) is 0 Å². The molecule has 0 fully saturated rings. The molecule has 1 aromatic carbocycles. The topological polar surface area (TPSA) is 29.1 Å². The molecular weight excluding hydrogens is 280 g/mol. The van der Waals surface area contributed by atoms with E-state index in [9.17, 15) is 4.79 Å². The number of halogens is 3. The van der Waals surface area contributed by atoms with Crippen LogP contribution in [0.15, 0.2) is 18.2 Å². The van der Waals surface area contributed by atoms with E-state index in [0.29, 0.717) is 22.9 Å². The van der Waals surface area contributed by atoms with Gasteiger partial charge < -0.3 is 5.32 Å². The minimum absolute atomic E-state index is 0.243. The molecule has 1 amide bonds. The van der Waals surface area contributed by atoms with Crippen LogP contribution in [0, 0.1) is 0 Å². The van der Waals surface area contributed by atoms with Crippen molar-refractivity contribution in [1.82, 2.24) is 5.32 Å². The van der Waals surface area contributed by atoms with Crippen LogP contribution in [0.1, 0.15) is 30.6 Å². The Labute approximate surface area is 116 Å². The number of rotatable bonds is 4. The predicted molar refractivity (Wildman–Crippen MR) is 73.3 cm³/mol. The second kappa shape index (κ2) is 5.94. The lowest BCUT2D eigenvalue weighted by molar-refractivity contribution is 0.0912. The van der Waals surface area contributed by atoms with Crippen LogP contribution >= 0.6 is 34.8 Å². The molecule has 0 bridgehead atoms. The lowest BCUT2D eigenvalue weighted by Gasteiger charge is -2.25. The van der Waals surface area contributed by atoms with Crippen molar-refractivity contribution in [3.05, 3.63) is 33.8 Å². The number of hydrogen-bond acceptors (Lipinski definition) is 1. The molecule has 0 aliphatic rings. The third-order valence-corrected chi connectivity index (χ3v) is 3.38. The summed E-state index contributed by atoms with van der Waals surface area (Å²) in [6, 6.07) is 4.97. The molecule has 1 N–H and O–H groups in total. The van der Waals surface area contributed by atoms with Gasteiger partial charge >= 0.3 is 0 Å². The van der Waals surface area contributed by atoms with Crippen molar-refractivity contribution in [3.8, 4) is 0 Å². The van der Waals surface area contributed by atoms with Crippen molar-refractivity contribution in [2.75, 3.05) is 5.88 Å². The number of alkyl halides is 1. The summed E-state index contributed by atoms with van der Waals surface area (Å²) < 4.78 is 0. The van der Waals surface area contributed by atoms with Gasteiger partial charge in [-0.1, -0.05) is 29.3 Å². The van der Waals surface area contributed by atoms with Gasteiger partial charge in [-0.3, -0.25) is 4.79 Å². The fraction of sp³-hybridized carbons (Fsp3) is 0.417. The van der Waals surface area contributed by atoms with Crippen LogP contribution in [0.3, 0.4) is 0 Å². The SMILES string of the molecule is CC(C)(CCCl)NC(=O)c1cccc(Cl)c1Cl. The molecule has 0 radical (unpaired) electrons. The molecule has 0 aliphatic carbocycles. The summed E-state index contributed by atoms with van der Waals surface area (Å²) in [5.74, 6) is 0.240. The van der Waals surface area contributed by atoms with Gasteiger partial charge in [-0.2, -0.15) is 0 Å². The van der Waals surface area contributed by atoms with Crippen LogP contribution in [0.25, 0.3) is 0 Å². The highest BCUT2D eigenvalue weighted by molar-refractivity contribution is 6.43. The van der Waals surface area contributed by atoms with Gasteiger partial charge in [-0.15, -0.1) is 11.6 Å². The first kappa shape index (κ1) is 14.6. The predicted octanol–water partition coefficient (Wildman–Crippen LogP) is 4.13. The molecule has 0 saturated heterocycles. The number of carbonyl (C=O) groups excluding carboxylic acids is 1. The van der Waals surface area contributed by atoms with E-state index in [4.69, 9.17) is 34.8 Å². The Bertz CT molecular complexity index is 418. The first-order chi connectivity index (χ1) is 7.87. The molecule has 0 aliphatic heterocycles. The number of hydrogen-bond donors (Lipinski definition) is 1. The fourth-order valence-corrected chi connectivity index (χ4v) is 2.21. The molecule has 17 heavy (non-hydrogen) atoms. The lowest BCUT2D eigenvalue weighted by Crippen LogP contribution is -2.43. The van der Waals surface area contributed by atoms with E-state index in [1.54, 1.807) is 18.2 Å². The maximum atomic E-state index is 12.0. The van der Waals surface area contributed by atoms with Crippen molar-refractivity contribution in [1.29, 1.82) is 0 Å². The Balaban J connectivity index is 2.87. The molecule has 1 aromatic rings. The molecule has 0 atom stereocenters. The average molecular weight is 295 g/mol. The third kappa shape index (κ3) is 4.06. The van der Waals surface area contributed by atoms with Gasteiger partial charge in [0.1, 0.15) is 0 Å². The van der Waals surface area contributed by atoms with Gasteiger partial charge in [-0.25, -0.2) is 0 Å². The Kier molecular flexibility index (Phi) is 5.11. The molecule has 94 valence electrons. The second-order valence-corrected chi connectivity index (χ2v) is 5.54. The van der Waals surface area contributed by atoms with Crippen LogP contribution in [-0.4, -0.2) is 17.3 Å². The van der Waals surface area contributed by atoms with Gasteiger partial charge in [-0.05, 0) is 32.4 Å². The molecule has 5 heteroatoms. The summed E-state index contributed by atoms with van der Waals surface area (Å²) in [5, 5.41) is 3.52. The first-order valence-corrected chi connectivity index (χ1v) is 6.49. The molecule has 0 aromatic heterocycles. The minimum Gasteiger partial charge on any atom is -0.347 e. The Morgan fingerprint density at radius 3 is 2.59 bits per heavy atom. The van der Waals surface area contributed by atoms with Gasteiger partial charge in [0.25, 0.3) is 5.91 Å². The number of carbonyl (C=O) groups is 1. The zero-order valence-corrected chi connectivity index (χ0v) is 12.0. The van der Waals surface area contributed by atoms with Gasteiger partial charge in [0, 0.05) is 11.4 Å². The monoisotopic (exact) mass is 293 g/mol. The Hall–Kier alpha value is -0.440. The van der Waals surface area contributed by atoms with Crippen molar-refractivity contribution in [3.63, 3.8) is 0 Å². The van der Waals surface area contributed by atoms with Gasteiger partial charge in [0.15, 0.2) is 0 Å². The number of amides is 1. The molecular formula is C12H14Cl3NO. The average Bonchev–Trinajstić information content (AvgIpc) is 2.21. The summed E-state index contributed by atoms with van der Waals surface area (Å²) in [7, 11) is 0. The Morgan fingerprint density at radius 1 is 1.35 bits per heavy atom. The maximum absolute atomic E-state index is 12.0. The van der Waals surface area contributed by atoms with Crippen LogP contribution in [-0.2, 0) is 0 Å². The normalized spacial score (nSPS) is 11.4. The van der Waals surface area contributed by atoms with Crippen LogP contribution < -0.4 is 5.32 Å². The Morgan fingerprint density at radius 2 is 2.00 bits per heavy atom. The summed E-state index contributed by atoms with van der Waals surface area (Å²) in [6.45, 7) is 3.82. The summed E-state index contributed by atoms with van der Waals surface area (Å²) in [6.07, 6.45) is 0.679. The zero-order chi connectivity index (χ0) is 13.1. The standard InChI is InChI=1S/C12H14Cl3NO/c1-12(2,6-7-13)16-11(17)8-4-3-5-9(14)10(8)15/h3-5H,6-7H2,1-2H3,(H,16,17). The lowest BCUT2D eigenvalue weighted by atomic mass is 10.0. The number of benzene rings is 1. The molecule has 0 spiro atoms. The van der Waals surface area contributed by atoms with E-state index < -0.39 is 0 Å². The molecule has 0 unspecified atom stereocenters. The van der Waals surface area contributed by atoms with Crippen LogP contribution in [0.4, 0.5) is 0 Å². The largest absolute Gasteiger partial charge is 0.347 e. The van der Waals surface area contributed by atoms with Crippen LogP contribution in [0.5, 0.6) is 0 Å². The summed E-state index contributed by atoms with van der Waals surface area (Å²) in [4.78, 5) is 12.0. The van der Waals surface area contributed by atoms with Crippen LogP contribution in [0.2, 0.25) is 10.0 Å². The molecule has 1 rings (SSSR count). The fourth-order valence-electron chi connectivity index (χ4n) is 1.35. The van der Waals surface area contributed by atoms with Crippen molar-refractivity contribution < 1.29 is 4.79 Å².